The number of rotatable bonds is 14. The van der Waals surface area contributed by atoms with Crippen molar-refractivity contribution in [2.75, 3.05) is 79.5 Å². The molecule has 41 heavy (non-hydrogen) atoms. The van der Waals surface area contributed by atoms with Gasteiger partial charge in [-0.2, -0.15) is 0 Å². The van der Waals surface area contributed by atoms with Crippen molar-refractivity contribution >= 4 is 21.9 Å². The van der Waals surface area contributed by atoms with E-state index in [4.69, 9.17) is 9.47 Å². The van der Waals surface area contributed by atoms with Crippen molar-refractivity contribution in [3.8, 4) is 11.5 Å². The number of likely N-dealkylation sites (tertiary alicyclic amines) is 1. The molecule has 3 unspecified atom stereocenters. The lowest BCUT2D eigenvalue weighted by atomic mass is 9.84. The SMILES string of the molecule is CCCCN(CCC[N+](C)(C)C)C(=O)CN1CC(c2ccc3c(c2)OCO3)C(C(=O)O)C1CCN1CCCS1(=O)=O. The highest BCUT2D eigenvalue weighted by atomic mass is 32.2. The number of carboxylic acids is 1. The van der Waals surface area contributed by atoms with Gasteiger partial charge in [0.2, 0.25) is 22.7 Å². The van der Waals surface area contributed by atoms with E-state index in [1.54, 1.807) is 6.07 Å². The summed E-state index contributed by atoms with van der Waals surface area (Å²) in [5.74, 6) is -0.780. The Hall–Kier alpha value is -2.41. The highest BCUT2D eigenvalue weighted by molar-refractivity contribution is 7.89. The van der Waals surface area contributed by atoms with Crippen LogP contribution in [0.3, 0.4) is 0 Å². The van der Waals surface area contributed by atoms with E-state index in [0.29, 0.717) is 50.5 Å². The predicted octanol–water partition coefficient (Wildman–Crippen LogP) is 2.03. The Morgan fingerprint density at radius 2 is 1.85 bits per heavy atom. The van der Waals surface area contributed by atoms with E-state index in [1.165, 1.54) is 4.31 Å². The Morgan fingerprint density at radius 1 is 1.12 bits per heavy atom. The van der Waals surface area contributed by atoms with Crippen molar-refractivity contribution < 1.29 is 37.1 Å². The molecule has 0 bridgehead atoms. The lowest BCUT2D eigenvalue weighted by Gasteiger charge is -2.31. The summed E-state index contributed by atoms with van der Waals surface area (Å²) in [6.45, 7) is 5.70. The van der Waals surface area contributed by atoms with Crippen LogP contribution < -0.4 is 9.47 Å². The molecule has 12 heteroatoms. The van der Waals surface area contributed by atoms with Crippen molar-refractivity contribution in [2.24, 2.45) is 5.92 Å². The van der Waals surface area contributed by atoms with Gasteiger partial charge in [0.15, 0.2) is 11.5 Å². The Labute approximate surface area is 244 Å². The molecule has 3 atom stereocenters. The summed E-state index contributed by atoms with van der Waals surface area (Å²) >= 11 is 0. The molecule has 11 nitrogen and oxygen atoms in total. The van der Waals surface area contributed by atoms with Crippen LogP contribution >= 0.6 is 0 Å². The maximum absolute atomic E-state index is 13.7. The van der Waals surface area contributed by atoms with Gasteiger partial charge in [-0.05, 0) is 37.0 Å². The molecule has 3 aliphatic rings. The van der Waals surface area contributed by atoms with Gasteiger partial charge in [-0.25, -0.2) is 12.7 Å². The highest BCUT2D eigenvalue weighted by Gasteiger charge is 2.48. The van der Waals surface area contributed by atoms with Crippen molar-refractivity contribution in [1.82, 2.24) is 14.1 Å². The molecular formula is C29H47N4O7S+. The maximum atomic E-state index is 13.7. The Kier molecular flexibility index (Phi) is 10.2. The summed E-state index contributed by atoms with van der Waals surface area (Å²) in [6, 6.07) is 5.03. The van der Waals surface area contributed by atoms with Crippen molar-refractivity contribution in [3.05, 3.63) is 23.8 Å². The first kappa shape index (κ1) is 31.5. The van der Waals surface area contributed by atoms with Crippen LogP contribution in [0.5, 0.6) is 11.5 Å². The summed E-state index contributed by atoms with van der Waals surface area (Å²) in [6.07, 6.45) is 3.69. The van der Waals surface area contributed by atoms with Crippen molar-refractivity contribution in [2.45, 2.75) is 51.0 Å². The van der Waals surface area contributed by atoms with E-state index in [2.05, 4.69) is 28.1 Å². The number of carbonyl (C=O) groups excluding carboxylic acids is 1. The number of sulfonamides is 1. The molecule has 0 radical (unpaired) electrons. The quantitative estimate of drug-likeness (QED) is 0.325. The molecule has 0 aromatic heterocycles. The second kappa shape index (κ2) is 13.3. The van der Waals surface area contributed by atoms with E-state index in [9.17, 15) is 23.1 Å². The van der Waals surface area contributed by atoms with Gasteiger partial charge < -0.3 is 24.0 Å². The van der Waals surface area contributed by atoms with Crippen LogP contribution in [0.4, 0.5) is 0 Å². The predicted molar refractivity (Wildman–Crippen MR) is 155 cm³/mol. The number of fused-ring (bicyclic) bond motifs is 1. The number of aliphatic carboxylic acids is 1. The van der Waals surface area contributed by atoms with Crippen molar-refractivity contribution in [3.63, 3.8) is 0 Å². The molecule has 2 saturated heterocycles. The highest BCUT2D eigenvalue weighted by Crippen LogP contribution is 2.43. The fourth-order valence-corrected chi connectivity index (χ4v) is 7.82. The number of carbonyl (C=O) groups is 2. The van der Waals surface area contributed by atoms with Crippen LogP contribution in [0.15, 0.2) is 18.2 Å². The van der Waals surface area contributed by atoms with Gasteiger partial charge >= 0.3 is 5.97 Å². The summed E-state index contributed by atoms with van der Waals surface area (Å²) in [4.78, 5) is 30.4. The molecule has 3 heterocycles. The largest absolute Gasteiger partial charge is 0.481 e. The first-order valence-corrected chi connectivity index (χ1v) is 16.4. The Morgan fingerprint density at radius 3 is 2.51 bits per heavy atom. The average Bonchev–Trinajstić information content (AvgIpc) is 3.60. The molecule has 4 rings (SSSR count). The Balaban J connectivity index is 1.57. The summed E-state index contributed by atoms with van der Waals surface area (Å²) < 4.78 is 38.3. The second-order valence-corrected chi connectivity index (χ2v) is 14.6. The molecule has 1 N–H and O–H groups in total. The van der Waals surface area contributed by atoms with E-state index in [-0.39, 0.29) is 37.5 Å². The number of carboxylic acid groups (broad SMARTS) is 1. The van der Waals surface area contributed by atoms with E-state index in [1.807, 2.05) is 21.9 Å². The standard InChI is InChI=1S/C29H46N4O7S/c1-5-6-12-30(13-7-16-33(2,3)4)27(34)20-31-19-23(22-9-10-25-26(18-22)40-21-39-25)28(29(35)36)24(31)11-15-32-14-8-17-41(32,37)38/h9-10,18,23-24,28H,5-8,11-17,19-21H2,1-4H3/p+1. The Bertz CT molecular complexity index is 1190. The lowest BCUT2D eigenvalue weighted by Crippen LogP contribution is -2.46. The molecule has 1 aromatic carbocycles. The minimum absolute atomic E-state index is 0.00544. The van der Waals surface area contributed by atoms with Gasteiger partial charge in [0, 0.05) is 51.1 Å². The third-order valence-electron chi connectivity index (χ3n) is 8.47. The van der Waals surface area contributed by atoms with Gasteiger partial charge in [0.25, 0.3) is 0 Å². The third kappa shape index (κ3) is 7.91. The van der Waals surface area contributed by atoms with E-state index in [0.717, 1.165) is 35.9 Å². The fourth-order valence-electron chi connectivity index (χ4n) is 6.27. The molecule has 0 saturated carbocycles. The minimum atomic E-state index is -3.32. The molecule has 1 amide bonds. The summed E-state index contributed by atoms with van der Waals surface area (Å²) in [5.41, 5.74) is 0.821. The average molecular weight is 596 g/mol. The number of quaternary nitrogens is 1. The summed E-state index contributed by atoms with van der Waals surface area (Å²) in [7, 11) is 3.09. The number of hydrogen-bond acceptors (Lipinski definition) is 7. The van der Waals surface area contributed by atoms with Crippen molar-refractivity contribution in [1.29, 1.82) is 0 Å². The zero-order valence-corrected chi connectivity index (χ0v) is 25.8. The first-order valence-electron chi connectivity index (χ1n) is 14.8. The number of amides is 1. The number of unbranched alkanes of at least 4 members (excludes halogenated alkanes) is 1. The molecule has 3 aliphatic heterocycles. The van der Waals surface area contributed by atoms with Crippen LogP contribution in [-0.4, -0.2) is 130 Å². The van der Waals surface area contributed by atoms with E-state index >= 15 is 0 Å². The van der Waals surface area contributed by atoms with Gasteiger partial charge in [-0.15, -0.1) is 0 Å². The van der Waals surface area contributed by atoms with Crippen LogP contribution in [0.2, 0.25) is 0 Å². The maximum Gasteiger partial charge on any atom is 0.308 e. The number of ether oxygens (including phenoxy) is 2. The van der Waals surface area contributed by atoms with Gasteiger partial charge in [0.1, 0.15) is 0 Å². The van der Waals surface area contributed by atoms with Gasteiger partial charge in [0.05, 0.1) is 45.9 Å². The van der Waals surface area contributed by atoms with Crippen LogP contribution in [-0.2, 0) is 19.6 Å². The summed E-state index contributed by atoms with van der Waals surface area (Å²) in [5, 5.41) is 10.5. The molecule has 2 fully saturated rings. The third-order valence-corrected chi connectivity index (χ3v) is 10.4. The fraction of sp³-hybridized carbons (Fsp3) is 0.724. The number of nitrogens with zero attached hydrogens (tertiary/aromatic N) is 4. The second-order valence-electron chi connectivity index (χ2n) is 12.5. The molecule has 0 aliphatic carbocycles. The first-order chi connectivity index (χ1) is 19.4. The molecule has 230 valence electrons. The van der Waals surface area contributed by atoms with E-state index < -0.39 is 28.0 Å². The zero-order chi connectivity index (χ0) is 29.8. The monoisotopic (exact) mass is 595 g/mol. The van der Waals surface area contributed by atoms with Crippen LogP contribution in [0.1, 0.15) is 50.5 Å². The molecule has 1 aromatic rings. The van der Waals surface area contributed by atoms with Gasteiger partial charge in [-0.3, -0.25) is 14.5 Å². The van der Waals surface area contributed by atoms with Crippen LogP contribution in [0, 0.1) is 5.92 Å². The molecule has 0 spiro atoms. The normalized spacial score (nSPS) is 24.1. The lowest BCUT2D eigenvalue weighted by molar-refractivity contribution is -0.870. The van der Waals surface area contributed by atoms with Crippen LogP contribution in [0.25, 0.3) is 0 Å². The zero-order valence-electron chi connectivity index (χ0n) is 25.0. The minimum Gasteiger partial charge on any atom is -0.481 e. The topological polar surface area (TPSA) is 117 Å². The molecular weight excluding hydrogens is 548 g/mol. The number of benzene rings is 1. The van der Waals surface area contributed by atoms with Gasteiger partial charge in [-0.1, -0.05) is 19.4 Å². The number of hydrogen-bond donors (Lipinski definition) is 1. The smallest absolute Gasteiger partial charge is 0.308 e.